The van der Waals surface area contributed by atoms with E-state index in [4.69, 9.17) is 8.92 Å². The summed E-state index contributed by atoms with van der Waals surface area (Å²) in [4.78, 5) is 14.5. The molecule has 0 saturated carbocycles. The first-order valence-electron chi connectivity index (χ1n) is 9.86. The van der Waals surface area contributed by atoms with Crippen molar-refractivity contribution in [1.29, 1.82) is 0 Å². The SMILES string of the molecule is CCC1CCC(COS(=O)(=O)c2ccc(C)cc2)N1C(=O)OCc1ccccc1. The molecule has 0 spiro atoms. The molecule has 7 heteroatoms. The van der Waals surface area contributed by atoms with E-state index in [0.717, 1.165) is 24.0 Å². The lowest BCUT2D eigenvalue weighted by atomic mass is 10.1. The number of carbonyl (C=O) groups is 1. The Morgan fingerprint density at radius 3 is 2.34 bits per heavy atom. The van der Waals surface area contributed by atoms with Crippen molar-refractivity contribution in [3.05, 3.63) is 65.7 Å². The van der Waals surface area contributed by atoms with Crippen LogP contribution in [0.2, 0.25) is 0 Å². The number of amides is 1. The summed E-state index contributed by atoms with van der Waals surface area (Å²) in [6, 6.07) is 15.7. The maximum atomic E-state index is 12.7. The third kappa shape index (κ3) is 5.36. The van der Waals surface area contributed by atoms with Gasteiger partial charge in [0.2, 0.25) is 0 Å². The van der Waals surface area contributed by atoms with Crippen LogP contribution in [-0.4, -0.2) is 38.1 Å². The molecule has 0 aromatic heterocycles. The summed E-state index contributed by atoms with van der Waals surface area (Å²) in [6.07, 6.45) is 1.83. The number of ether oxygens (including phenoxy) is 1. The average molecular weight is 418 g/mol. The van der Waals surface area contributed by atoms with Crippen LogP contribution >= 0.6 is 0 Å². The third-order valence-electron chi connectivity index (χ3n) is 5.23. The standard InChI is InChI=1S/C22H27NO5S/c1-3-19-11-12-20(16-28-29(25,26)21-13-9-17(2)10-14-21)23(19)22(24)27-15-18-7-5-4-6-8-18/h4-10,13-14,19-20H,3,11-12,15-16H2,1-2H3. The van der Waals surface area contributed by atoms with Gasteiger partial charge in [-0.05, 0) is 43.9 Å². The molecule has 29 heavy (non-hydrogen) atoms. The molecule has 0 aliphatic carbocycles. The van der Waals surface area contributed by atoms with Crippen molar-refractivity contribution in [1.82, 2.24) is 4.90 Å². The Balaban J connectivity index is 1.64. The van der Waals surface area contributed by atoms with Crippen LogP contribution in [0.5, 0.6) is 0 Å². The van der Waals surface area contributed by atoms with Gasteiger partial charge in [-0.25, -0.2) is 4.79 Å². The summed E-state index contributed by atoms with van der Waals surface area (Å²) in [5, 5.41) is 0. The first kappa shape index (κ1) is 21.3. The normalized spacial score (nSPS) is 19.3. The number of carbonyl (C=O) groups excluding carboxylic acids is 1. The van der Waals surface area contributed by atoms with Crippen LogP contribution in [0.25, 0.3) is 0 Å². The molecule has 6 nitrogen and oxygen atoms in total. The van der Waals surface area contributed by atoms with E-state index in [1.54, 1.807) is 17.0 Å². The Labute approximate surface area is 172 Å². The number of benzene rings is 2. The Hall–Kier alpha value is -2.38. The van der Waals surface area contributed by atoms with Gasteiger partial charge in [-0.3, -0.25) is 9.08 Å². The molecule has 1 amide bonds. The van der Waals surface area contributed by atoms with E-state index in [1.807, 2.05) is 44.2 Å². The zero-order chi connectivity index (χ0) is 20.9. The van der Waals surface area contributed by atoms with E-state index in [9.17, 15) is 13.2 Å². The molecular weight excluding hydrogens is 390 g/mol. The van der Waals surface area contributed by atoms with E-state index in [-0.39, 0.29) is 30.2 Å². The largest absolute Gasteiger partial charge is 0.445 e. The second-order valence-corrected chi connectivity index (χ2v) is 8.91. The minimum Gasteiger partial charge on any atom is -0.445 e. The Morgan fingerprint density at radius 1 is 1.03 bits per heavy atom. The molecular formula is C22H27NO5S. The fourth-order valence-corrected chi connectivity index (χ4v) is 4.50. The number of rotatable bonds is 7. The maximum Gasteiger partial charge on any atom is 0.410 e. The van der Waals surface area contributed by atoms with Gasteiger partial charge in [-0.1, -0.05) is 55.0 Å². The maximum absolute atomic E-state index is 12.7. The minimum atomic E-state index is -3.87. The van der Waals surface area contributed by atoms with Crippen molar-refractivity contribution in [3.8, 4) is 0 Å². The second kappa shape index (κ2) is 9.41. The van der Waals surface area contributed by atoms with Gasteiger partial charge in [0.25, 0.3) is 10.1 Å². The van der Waals surface area contributed by atoms with Crippen molar-refractivity contribution >= 4 is 16.2 Å². The van der Waals surface area contributed by atoms with E-state index < -0.39 is 16.2 Å². The highest BCUT2D eigenvalue weighted by Gasteiger charge is 2.38. The predicted molar refractivity (Wildman–Crippen MR) is 110 cm³/mol. The lowest BCUT2D eigenvalue weighted by Crippen LogP contribution is -2.43. The summed E-state index contributed by atoms with van der Waals surface area (Å²) in [5.74, 6) is 0. The van der Waals surface area contributed by atoms with Gasteiger partial charge in [-0.15, -0.1) is 0 Å². The van der Waals surface area contributed by atoms with Gasteiger partial charge in [0.05, 0.1) is 17.5 Å². The van der Waals surface area contributed by atoms with Gasteiger partial charge in [0.1, 0.15) is 6.61 Å². The summed E-state index contributed by atoms with van der Waals surface area (Å²) < 4.78 is 35.7. The van der Waals surface area contributed by atoms with Gasteiger partial charge in [-0.2, -0.15) is 8.42 Å². The molecule has 1 aliphatic rings. The van der Waals surface area contributed by atoms with Gasteiger partial charge < -0.3 is 4.74 Å². The van der Waals surface area contributed by atoms with E-state index in [1.165, 1.54) is 12.1 Å². The highest BCUT2D eigenvalue weighted by molar-refractivity contribution is 7.86. The molecule has 1 heterocycles. The zero-order valence-corrected chi connectivity index (χ0v) is 17.6. The Kier molecular flexibility index (Phi) is 6.92. The highest BCUT2D eigenvalue weighted by Crippen LogP contribution is 2.28. The number of likely N-dealkylation sites (tertiary alicyclic amines) is 1. The lowest BCUT2D eigenvalue weighted by Gasteiger charge is -2.28. The monoisotopic (exact) mass is 417 g/mol. The number of nitrogens with zero attached hydrogens (tertiary/aromatic N) is 1. The lowest BCUT2D eigenvalue weighted by molar-refractivity contribution is 0.0678. The van der Waals surface area contributed by atoms with Crippen molar-refractivity contribution in [3.63, 3.8) is 0 Å². The van der Waals surface area contributed by atoms with Crippen molar-refractivity contribution in [2.45, 2.75) is 56.7 Å². The number of aryl methyl sites for hydroxylation is 1. The van der Waals surface area contributed by atoms with Gasteiger partial charge in [0, 0.05) is 6.04 Å². The number of hydrogen-bond acceptors (Lipinski definition) is 5. The van der Waals surface area contributed by atoms with Crippen molar-refractivity contribution < 1.29 is 22.1 Å². The molecule has 3 rings (SSSR count). The van der Waals surface area contributed by atoms with Crippen LogP contribution in [0.4, 0.5) is 4.79 Å². The summed E-state index contributed by atoms with van der Waals surface area (Å²) in [5.41, 5.74) is 1.88. The summed E-state index contributed by atoms with van der Waals surface area (Å²) in [7, 11) is -3.87. The Morgan fingerprint density at radius 2 is 1.69 bits per heavy atom. The second-order valence-electron chi connectivity index (χ2n) is 7.29. The fraction of sp³-hybridized carbons (Fsp3) is 0.409. The van der Waals surface area contributed by atoms with Crippen LogP contribution in [0.1, 0.15) is 37.3 Å². The van der Waals surface area contributed by atoms with Gasteiger partial charge in [0.15, 0.2) is 0 Å². The fourth-order valence-electron chi connectivity index (χ4n) is 3.56. The van der Waals surface area contributed by atoms with Crippen LogP contribution in [0.3, 0.4) is 0 Å². The predicted octanol–water partition coefficient (Wildman–Crippen LogP) is 4.28. The smallest absolute Gasteiger partial charge is 0.410 e. The highest BCUT2D eigenvalue weighted by atomic mass is 32.2. The van der Waals surface area contributed by atoms with Crippen LogP contribution in [0, 0.1) is 6.92 Å². The first-order valence-corrected chi connectivity index (χ1v) is 11.3. The molecule has 2 unspecified atom stereocenters. The van der Waals surface area contributed by atoms with E-state index in [2.05, 4.69) is 0 Å². The van der Waals surface area contributed by atoms with E-state index in [0.29, 0.717) is 6.42 Å². The van der Waals surface area contributed by atoms with Crippen LogP contribution in [0.15, 0.2) is 59.5 Å². The molecule has 1 fully saturated rings. The van der Waals surface area contributed by atoms with Crippen LogP contribution < -0.4 is 0 Å². The third-order valence-corrected chi connectivity index (χ3v) is 6.53. The molecule has 156 valence electrons. The van der Waals surface area contributed by atoms with Gasteiger partial charge >= 0.3 is 6.09 Å². The summed E-state index contributed by atoms with van der Waals surface area (Å²) >= 11 is 0. The molecule has 0 bridgehead atoms. The molecule has 1 aliphatic heterocycles. The van der Waals surface area contributed by atoms with E-state index >= 15 is 0 Å². The average Bonchev–Trinajstić information content (AvgIpc) is 3.15. The molecule has 0 radical (unpaired) electrons. The Bertz CT molecular complexity index is 912. The summed E-state index contributed by atoms with van der Waals surface area (Å²) in [6.45, 7) is 4.00. The molecule has 1 saturated heterocycles. The first-order chi connectivity index (χ1) is 13.9. The topological polar surface area (TPSA) is 72.9 Å². The number of hydrogen-bond donors (Lipinski definition) is 0. The molecule has 2 aromatic rings. The minimum absolute atomic E-state index is 0.0222. The van der Waals surface area contributed by atoms with Crippen LogP contribution in [-0.2, 0) is 25.6 Å². The van der Waals surface area contributed by atoms with Crippen molar-refractivity contribution in [2.24, 2.45) is 0 Å². The molecule has 0 N–H and O–H groups in total. The zero-order valence-electron chi connectivity index (χ0n) is 16.8. The van der Waals surface area contributed by atoms with Crippen molar-refractivity contribution in [2.75, 3.05) is 6.61 Å². The quantitative estimate of drug-likeness (QED) is 0.629. The molecule has 2 atom stereocenters. The molecule has 2 aromatic carbocycles.